The van der Waals surface area contributed by atoms with Gasteiger partial charge in [0.05, 0.1) is 6.10 Å². The molecule has 1 N–H and O–H groups in total. The second-order valence-electron chi connectivity index (χ2n) is 5.41. The molecular formula is C17H17BrO. The van der Waals surface area contributed by atoms with Crippen molar-refractivity contribution in [1.82, 2.24) is 0 Å². The van der Waals surface area contributed by atoms with Gasteiger partial charge in [-0.2, -0.15) is 0 Å². The van der Waals surface area contributed by atoms with E-state index in [1.807, 2.05) is 0 Å². The molecule has 0 saturated carbocycles. The number of fused-ring (bicyclic) bond motifs is 1. The van der Waals surface area contributed by atoms with Crippen molar-refractivity contribution in [3.63, 3.8) is 0 Å². The monoisotopic (exact) mass is 316 g/mol. The molecule has 1 aliphatic rings. The quantitative estimate of drug-likeness (QED) is 0.868. The Hall–Kier alpha value is -1.12. The van der Waals surface area contributed by atoms with Gasteiger partial charge >= 0.3 is 0 Å². The lowest BCUT2D eigenvalue weighted by molar-refractivity contribution is 0.134. The van der Waals surface area contributed by atoms with Crippen LogP contribution < -0.4 is 0 Å². The van der Waals surface area contributed by atoms with E-state index in [4.69, 9.17) is 0 Å². The topological polar surface area (TPSA) is 20.2 Å². The summed E-state index contributed by atoms with van der Waals surface area (Å²) in [6, 6.07) is 12.6. The van der Waals surface area contributed by atoms with Gasteiger partial charge in [0.15, 0.2) is 0 Å². The molecule has 2 heteroatoms. The molecule has 2 aromatic carbocycles. The predicted molar refractivity (Wildman–Crippen MR) is 81.5 cm³/mol. The van der Waals surface area contributed by atoms with Gasteiger partial charge in [-0.15, -0.1) is 0 Å². The molecule has 0 aromatic heterocycles. The number of aryl methyl sites for hydroxylation is 2. The largest absolute Gasteiger partial charge is 0.388 e. The molecule has 2 aromatic rings. The number of rotatable bonds is 2. The van der Waals surface area contributed by atoms with Crippen LogP contribution in [-0.4, -0.2) is 5.11 Å². The lowest BCUT2D eigenvalue weighted by atomic mass is 9.72. The zero-order valence-corrected chi connectivity index (χ0v) is 12.7. The fourth-order valence-electron chi connectivity index (χ4n) is 2.92. The standard InChI is InChI=1S/C17H17BrO/c1-10-8-16(18)11(2)7-14(10)17(19)15-9-12-5-3-4-6-13(12)15/h3-8,15,17,19H,9H2,1-2H3. The zero-order valence-electron chi connectivity index (χ0n) is 11.2. The summed E-state index contributed by atoms with van der Waals surface area (Å²) < 4.78 is 1.11. The Balaban J connectivity index is 1.94. The van der Waals surface area contributed by atoms with E-state index >= 15 is 0 Å². The first-order valence-electron chi connectivity index (χ1n) is 6.60. The molecule has 0 radical (unpaired) electrons. The van der Waals surface area contributed by atoms with Gasteiger partial charge in [-0.3, -0.25) is 0 Å². The molecule has 0 spiro atoms. The van der Waals surface area contributed by atoms with E-state index < -0.39 is 6.10 Å². The van der Waals surface area contributed by atoms with Gasteiger partial charge in [-0.25, -0.2) is 0 Å². The Morgan fingerprint density at radius 3 is 2.63 bits per heavy atom. The van der Waals surface area contributed by atoms with E-state index in [1.54, 1.807) is 0 Å². The normalized spacial score (nSPS) is 18.6. The number of aliphatic hydroxyl groups is 1. The van der Waals surface area contributed by atoms with E-state index in [0.717, 1.165) is 22.0 Å². The first-order valence-corrected chi connectivity index (χ1v) is 7.39. The molecule has 1 nitrogen and oxygen atoms in total. The first kappa shape index (κ1) is 12.9. The van der Waals surface area contributed by atoms with Crippen LogP contribution in [0.4, 0.5) is 0 Å². The van der Waals surface area contributed by atoms with Crippen LogP contribution in [0.15, 0.2) is 40.9 Å². The average molecular weight is 317 g/mol. The minimum absolute atomic E-state index is 0.246. The van der Waals surface area contributed by atoms with Gasteiger partial charge in [0.2, 0.25) is 0 Å². The summed E-state index contributed by atoms with van der Waals surface area (Å²) in [7, 11) is 0. The number of halogens is 1. The number of benzene rings is 2. The first-order chi connectivity index (χ1) is 9.08. The number of aliphatic hydroxyl groups excluding tert-OH is 1. The third-order valence-electron chi connectivity index (χ3n) is 4.14. The average Bonchev–Trinajstić information content (AvgIpc) is 2.35. The Morgan fingerprint density at radius 1 is 1.16 bits per heavy atom. The summed E-state index contributed by atoms with van der Waals surface area (Å²) in [5.74, 6) is 0.246. The summed E-state index contributed by atoms with van der Waals surface area (Å²) in [6.45, 7) is 4.13. The lowest BCUT2D eigenvalue weighted by Gasteiger charge is -2.34. The fraction of sp³-hybridized carbons (Fsp3) is 0.294. The smallest absolute Gasteiger partial charge is 0.0864 e. The van der Waals surface area contributed by atoms with Crippen LogP contribution in [0.3, 0.4) is 0 Å². The summed E-state index contributed by atoms with van der Waals surface area (Å²) in [4.78, 5) is 0. The molecule has 0 bridgehead atoms. The van der Waals surface area contributed by atoms with E-state index in [1.165, 1.54) is 16.7 Å². The van der Waals surface area contributed by atoms with Gasteiger partial charge < -0.3 is 5.11 Å². The Kier molecular flexibility index (Phi) is 3.23. The highest BCUT2D eigenvalue weighted by Gasteiger charge is 2.33. The zero-order chi connectivity index (χ0) is 13.6. The highest BCUT2D eigenvalue weighted by molar-refractivity contribution is 9.10. The molecule has 2 unspecified atom stereocenters. The maximum atomic E-state index is 10.7. The molecule has 3 rings (SSSR count). The second-order valence-corrected chi connectivity index (χ2v) is 6.27. The summed E-state index contributed by atoms with van der Waals surface area (Å²) in [6.07, 6.45) is 0.577. The van der Waals surface area contributed by atoms with Crippen LogP contribution >= 0.6 is 15.9 Å². The van der Waals surface area contributed by atoms with E-state index in [9.17, 15) is 5.11 Å². The van der Waals surface area contributed by atoms with Crippen molar-refractivity contribution >= 4 is 15.9 Å². The molecule has 19 heavy (non-hydrogen) atoms. The Morgan fingerprint density at radius 2 is 1.89 bits per heavy atom. The molecule has 98 valence electrons. The molecule has 0 fully saturated rings. The molecule has 0 saturated heterocycles. The van der Waals surface area contributed by atoms with Crippen molar-refractivity contribution in [3.8, 4) is 0 Å². The summed E-state index contributed by atoms with van der Waals surface area (Å²) in [5.41, 5.74) is 6.05. The molecule has 0 aliphatic heterocycles. The van der Waals surface area contributed by atoms with Crippen LogP contribution in [0, 0.1) is 13.8 Å². The van der Waals surface area contributed by atoms with Crippen molar-refractivity contribution in [2.24, 2.45) is 0 Å². The van der Waals surface area contributed by atoms with Gasteiger partial charge in [0, 0.05) is 10.4 Å². The van der Waals surface area contributed by atoms with Crippen LogP contribution in [-0.2, 0) is 6.42 Å². The maximum absolute atomic E-state index is 10.7. The SMILES string of the molecule is Cc1cc(C(O)C2Cc3ccccc32)c(C)cc1Br. The van der Waals surface area contributed by atoms with Gasteiger partial charge in [-0.1, -0.05) is 46.3 Å². The van der Waals surface area contributed by atoms with Gasteiger partial charge in [0.1, 0.15) is 0 Å². The fourth-order valence-corrected chi connectivity index (χ4v) is 3.38. The maximum Gasteiger partial charge on any atom is 0.0864 e. The van der Waals surface area contributed by atoms with E-state index in [2.05, 4.69) is 66.2 Å². The minimum atomic E-state index is -0.401. The highest BCUT2D eigenvalue weighted by Crippen LogP contribution is 2.44. The predicted octanol–water partition coefficient (Wildman–Crippen LogP) is 4.44. The van der Waals surface area contributed by atoms with Crippen LogP contribution in [0.5, 0.6) is 0 Å². The number of hydrogen-bond acceptors (Lipinski definition) is 1. The minimum Gasteiger partial charge on any atom is -0.388 e. The molecule has 0 amide bonds. The van der Waals surface area contributed by atoms with Crippen LogP contribution in [0.1, 0.15) is 39.8 Å². The van der Waals surface area contributed by atoms with Crippen LogP contribution in [0.2, 0.25) is 0 Å². The van der Waals surface area contributed by atoms with Crippen molar-refractivity contribution in [3.05, 3.63) is 68.7 Å². The number of hydrogen-bond donors (Lipinski definition) is 1. The third-order valence-corrected chi connectivity index (χ3v) is 5.00. The Labute approximate surface area is 122 Å². The lowest BCUT2D eigenvalue weighted by Crippen LogP contribution is -2.24. The molecule has 2 atom stereocenters. The van der Waals surface area contributed by atoms with E-state index in [-0.39, 0.29) is 5.92 Å². The third kappa shape index (κ3) is 2.13. The van der Waals surface area contributed by atoms with Crippen molar-refractivity contribution in [2.45, 2.75) is 32.3 Å². The van der Waals surface area contributed by atoms with Crippen molar-refractivity contribution in [2.75, 3.05) is 0 Å². The van der Waals surface area contributed by atoms with Gasteiger partial charge in [-0.05, 0) is 54.2 Å². The molecule has 1 aliphatic carbocycles. The summed E-state index contributed by atoms with van der Waals surface area (Å²) in [5, 5.41) is 10.7. The highest BCUT2D eigenvalue weighted by atomic mass is 79.9. The van der Waals surface area contributed by atoms with Crippen LogP contribution in [0.25, 0.3) is 0 Å². The summed E-state index contributed by atoms with van der Waals surface area (Å²) >= 11 is 3.54. The van der Waals surface area contributed by atoms with Crippen molar-refractivity contribution < 1.29 is 5.11 Å². The van der Waals surface area contributed by atoms with E-state index in [0.29, 0.717) is 0 Å². The molecular weight excluding hydrogens is 300 g/mol. The van der Waals surface area contributed by atoms with Crippen molar-refractivity contribution in [1.29, 1.82) is 0 Å². The molecule has 0 heterocycles. The Bertz CT molecular complexity index is 633. The second kappa shape index (κ2) is 4.77. The van der Waals surface area contributed by atoms with Gasteiger partial charge in [0.25, 0.3) is 0 Å².